The second-order valence-electron chi connectivity index (χ2n) is 5.52. The van der Waals surface area contributed by atoms with Crippen molar-refractivity contribution in [1.29, 1.82) is 0 Å². The molecule has 0 unspecified atom stereocenters. The van der Waals surface area contributed by atoms with Crippen molar-refractivity contribution in [1.82, 2.24) is 4.31 Å². The maximum atomic E-state index is 12.7. The van der Waals surface area contributed by atoms with Gasteiger partial charge in [0.2, 0.25) is 10.0 Å². The van der Waals surface area contributed by atoms with E-state index in [-0.39, 0.29) is 23.7 Å². The molecular weight excluding hydrogens is 338 g/mol. The van der Waals surface area contributed by atoms with Crippen molar-refractivity contribution in [2.45, 2.75) is 4.90 Å². The zero-order valence-corrected chi connectivity index (χ0v) is 13.9. The van der Waals surface area contributed by atoms with E-state index in [0.717, 1.165) is 6.07 Å². The summed E-state index contributed by atoms with van der Waals surface area (Å²) >= 11 is 0. The predicted molar refractivity (Wildman–Crippen MR) is 85.7 cm³/mol. The highest BCUT2D eigenvalue weighted by Crippen LogP contribution is 2.32. The molecule has 1 aromatic carbocycles. The van der Waals surface area contributed by atoms with E-state index in [1.807, 2.05) is 4.90 Å². The van der Waals surface area contributed by atoms with Crippen LogP contribution in [0.3, 0.4) is 0 Å². The van der Waals surface area contributed by atoms with Crippen LogP contribution in [0.1, 0.15) is 0 Å². The van der Waals surface area contributed by atoms with Crippen molar-refractivity contribution >= 4 is 21.4 Å². The number of benzene rings is 1. The molecule has 2 fully saturated rings. The molecule has 0 atom stereocenters. The second kappa shape index (κ2) is 7.01. The highest BCUT2D eigenvalue weighted by molar-refractivity contribution is 7.89. The van der Waals surface area contributed by atoms with Crippen LogP contribution in [0.5, 0.6) is 0 Å². The van der Waals surface area contributed by atoms with Crippen LogP contribution in [0.2, 0.25) is 0 Å². The van der Waals surface area contributed by atoms with Gasteiger partial charge in [-0.05, 0) is 12.1 Å². The molecule has 132 valence electrons. The molecular formula is C14H19N3O6S. The summed E-state index contributed by atoms with van der Waals surface area (Å²) in [5, 5.41) is 11.4. The monoisotopic (exact) mass is 357 g/mol. The number of hydrogen-bond acceptors (Lipinski definition) is 7. The average molecular weight is 357 g/mol. The first-order chi connectivity index (χ1) is 11.5. The normalized spacial score (nSPS) is 20.1. The topological polar surface area (TPSA) is 102 Å². The number of anilines is 1. The lowest BCUT2D eigenvalue weighted by molar-refractivity contribution is -0.384. The number of sulfonamides is 1. The Morgan fingerprint density at radius 1 is 1.00 bits per heavy atom. The smallest absolute Gasteiger partial charge is 0.293 e. The minimum absolute atomic E-state index is 0.0619. The number of morpholine rings is 2. The third kappa shape index (κ3) is 3.36. The van der Waals surface area contributed by atoms with Crippen molar-refractivity contribution < 1.29 is 22.8 Å². The standard InChI is InChI=1S/C14H19N3O6S/c18-17(19)14-11-12(24(20,21)16-5-9-23-10-6-16)1-2-13(14)15-3-7-22-8-4-15/h1-2,11H,3-10H2. The lowest BCUT2D eigenvalue weighted by Gasteiger charge is -2.29. The minimum Gasteiger partial charge on any atom is -0.379 e. The van der Waals surface area contributed by atoms with Gasteiger partial charge in [-0.25, -0.2) is 8.42 Å². The van der Waals surface area contributed by atoms with Crippen molar-refractivity contribution in [3.05, 3.63) is 28.3 Å². The van der Waals surface area contributed by atoms with E-state index in [2.05, 4.69) is 0 Å². The predicted octanol–water partition coefficient (Wildman–Crippen LogP) is 0.452. The van der Waals surface area contributed by atoms with E-state index in [9.17, 15) is 18.5 Å². The Morgan fingerprint density at radius 2 is 1.58 bits per heavy atom. The van der Waals surface area contributed by atoms with Crippen LogP contribution in [0.15, 0.2) is 23.1 Å². The Balaban J connectivity index is 1.95. The Hall–Kier alpha value is -1.75. The van der Waals surface area contributed by atoms with Crippen molar-refractivity contribution in [3.63, 3.8) is 0 Å². The summed E-state index contributed by atoms with van der Waals surface area (Å²) in [7, 11) is -3.76. The lowest BCUT2D eigenvalue weighted by Crippen LogP contribution is -2.40. The van der Waals surface area contributed by atoms with Gasteiger partial charge in [0.1, 0.15) is 5.69 Å². The second-order valence-corrected chi connectivity index (χ2v) is 7.46. The Labute approximate surface area is 139 Å². The molecule has 0 N–H and O–H groups in total. The van der Waals surface area contributed by atoms with Crippen LogP contribution in [-0.2, 0) is 19.5 Å². The average Bonchev–Trinajstić information content (AvgIpc) is 2.62. The number of nitro groups is 1. The molecule has 1 aromatic rings. The maximum Gasteiger partial charge on any atom is 0.293 e. The molecule has 2 saturated heterocycles. The van der Waals surface area contributed by atoms with Gasteiger partial charge >= 0.3 is 0 Å². The molecule has 0 bridgehead atoms. The molecule has 0 aliphatic carbocycles. The number of nitro benzene ring substituents is 1. The lowest BCUT2D eigenvalue weighted by atomic mass is 10.2. The van der Waals surface area contributed by atoms with Gasteiger partial charge in [-0.15, -0.1) is 0 Å². The molecule has 3 rings (SSSR count). The van der Waals surface area contributed by atoms with E-state index in [1.54, 1.807) is 0 Å². The van der Waals surface area contributed by atoms with Gasteiger partial charge in [-0.1, -0.05) is 0 Å². The first-order valence-corrected chi connectivity index (χ1v) is 9.13. The summed E-state index contributed by atoms with van der Waals surface area (Å²) in [6, 6.07) is 4.09. The van der Waals surface area contributed by atoms with E-state index >= 15 is 0 Å². The van der Waals surface area contributed by atoms with E-state index < -0.39 is 14.9 Å². The van der Waals surface area contributed by atoms with E-state index in [0.29, 0.717) is 45.2 Å². The maximum absolute atomic E-state index is 12.7. The first kappa shape index (κ1) is 17.1. The minimum atomic E-state index is -3.76. The summed E-state index contributed by atoms with van der Waals surface area (Å²) in [5.41, 5.74) is 0.218. The molecule has 0 aromatic heterocycles. The van der Waals surface area contributed by atoms with E-state index in [4.69, 9.17) is 9.47 Å². The number of hydrogen-bond donors (Lipinski definition) is 0. The zero-order valence-electron chi connectivity index (χ0n) is 13.1. The van der Waals surface area contributed by atoms with Crippen LogP contribution in [0.25, 0.3) is 0 Å². The molecule has 0 saturated carbocycles. The molecule has 24 heavy (non-hydrogen) atoms. The third-order valence-electron chi connectivity index (χ3n) is 4.10. The molecule has 0 amide bonds. The third-order valence-corrected chi connectivity index (χ3v) is 6.00. The Kier molecular flexibility index (Phi) is 4.99. The van der Waals surface area contributed by atoms with Gasteiger partial charge in [0.25, 0.3) is 5.69 Å². The highest BCUT2D eigenvalue weighted by atomic mass is 32.2. The van der Waals surface area contributed by atoms with Crippen LogP contribution in [0, 0.1) is 10.1 Å². The van der Waals surface area contributed by atoms with Crippen molar-refractivity contribution in [3.8, 4) is 0 Å². The Morgan fingerprint density at radius 3 is 2.17 bits per heavy atom. The van der Waals surface area contributed by atoms with Gasteiger partial charge in [-0.3, -0.25) is 10.1 Å². The number of rotatable bonds is 4. The van der Waals surface area contributed by atoms with E-state index in [1.165, 1.54) is 16.4 Å². The fraction of sp³-hybridized carbons (Fsp3) is 0.571. The SMILES string of the molecule is O=[N+]([O-])c1cc(S(=O)(=O)N2CCOCC2)ccc1N1CCOCC1. The Bertz CT molecular complexity index is 711. The molecule has 2 aliphatic heterocycles. The summed E-state index contributed by atoms with van der Waals surface area (Å²) in [4.78, 5) is 12.7. The molecule has 0 radical (unpaired) electrons. The quantitative estimate of drug-likeness (QED) is 0.569. The first-order valence-electron chi connectivity index (χ1n) is 7.69. The summed E-state index contributed by atoms with van der Waals surface area (Å²) in [6.45, 7) is 3.21. The highest BCUT2D eigenvalue weighted by Gasteiger charge is 2.30. The molecule has 0 spiro atoms. The van der Waals surface area contributed by atoms with Gasteiger partial charge in [0.15, 0.2) is 0 Å². The van der Waals surface area contributed by atoms with Gasteiger partial charge in [0, 0.05) is 32.2 Å². The van der Waals surface area contributed by atoms with Crippen molar-refractivity contribution in [2.75, 3.05) is 57.5 Å². The summed E-state index contributed by atoms with van der Waals surface area (Å²) in [5.74, 6) is 0. The van der Waals surface area contributed by atoms with Gasteiger partial charge < -0.3 is 14.4 Å². The molecule has 2 heterocycles. The summed E-state index contributed by atoms with van der Waals surface area (Å²) in [6.07, 6.45) is 0. The van der Waals surface area contributed by atoms with Crippen molar-refractivity contribution in [2.24, 2.45) is 0 Å². The van der Waals surface area contributed by atoms with Crippen LogP contribution in [0.4, 0.5) is 11.4 Å². The number of nitrogens with zero attached hydrogens (tertiary/aromatic N) is 3. The molecule has 9 nitrogen and oxygen atoms in total. The van der Waals surface area contributed by atoms with Gasteiger partial charge in [0.05, 0.1) is 36.2 Å². The van der Waals surface area contributed by atoms with Crippen LogP contribution < -0.4 is 4.90 Å². The molecule has 10 heteroatoms. The number of ether oxygens (including phenoxy) is 2. The fourth-order valence-electron chi connectivity index (χ4n) is 2.82. The largest absolute Gasteiger partial charge is 0.379 e. The van der Waals surface area contributed by atoms with Crippen LogP contribution >= 0.6 is 0 Å². The fourth-order valence-corrected chi connectivity index (χ4v) is 4.25. The molecule has 2 aliphatic rings. The zero-order chi connectivity index (χ0) is 17.2. The van der Waals surface area contributed by atoms with Crippen LogP contribution in [-0.4, -0.2) is 70.3 Å². The summed E-state index contributed by atoms with van der Waals surface area (Å²) < 4.78 is 37.0. The van der Waals surface area contributed by atoms with Gasteiger partial charge in [-0.2, -0.15) is 4.31 Å².